The second-order valence-corrected chi connectivity index (χ2v) is 3.38. The van der Waals surface area contributed by atoms with Gasteiger partial charge >= 0.3 is 5.97 Å². The van der Waals surface area contributed by atoms with Gasteiger partial charge in [0.2, 0.25) is 0 Å². The van der Waals surface area contributed by atoms with Gasteiger partial charge in [0, 0.05) is 9.92 Å². The molecule has 0 unspecified atom stereocenters. The molecule has 0 saturated heterocycles. The van der Waals surface area contributed by atoms with Crippen molar-refractivity contribution in [2.75, 3.05) is 0 Å². The summed E-state index contributed by atoms with van der Waals surface area (Å²) in [5.74, 6) is -1.09. The molecular formula is C7H4Cl2O2S. The molecule has 0 bridgehead atoms. The lowest BCUT2D eigenvalue weighted by molar-refractivity contribution is 0.0693. The fourth-order valence-electron chi connectivity index (χ4n) is 0.729. The van der Waals surface area contributed by atoms with Gasteiger partial charge in [-0.2, -0.15) is 0 Å². The number of carboxylic acids is 1. The third-order valence-electron chi connectivity index (χ3n) is 1.26. The molecule has 64 valence electrons. The molecule has 1 aromatic carbocycles. The van der Waals surface area contributed by atoms with E-state index in [0.717, 1.165) is 0 Å². The van der Waals surface area contributed by atoms with Crippen LogP contribution in [0, 0.1) is 0 Å². The predicted octanol–water partition coefficient (Wildman–Crippen LogP) is 2.98. The molecule has 1 N–H and O–H groups in total. The van der Waals surface area contributed by atoms with E-state index in [0.29, 0.717) is 0 Å². The minimum atomic E-state index is -1.09. The van der Waals surface area contributed by atoms with Crippen LogP contribution in [0.15, 0.2) is 17.0 Å². The monoisotopic (exact) mass is 222 g/mol. The van der Waals surface area contributed by atoms with Crippen LogP contribution >= 0.6 is 35.8 Å². The standard InChI is InChI=1S/C7H4Cl2O2S/c8-3-1-4(7(10)11)6(12)5(9)2-3/h1-2,12H,(H,10,11). The first-order valence-electron chi connectivity index (χ1n) is 2.93. The van der Waals surface area contributed by atoms with Crippen LogP contribution in [-0.4, -0.2) is 11.1 Å². The second-order valence-electron chi connectivity index (χ2n) is 2.09. The minimum absolute atomic E-state index is 0.0100. The van der Waals surface area contributed by atoms with Crippen LogP contribution < -0.4 is 0 Å². The van der Waals surface area contributed by atoms with Crippen molar-refractivity contribution < 1.29 is 9.90 Å². The summed E-state index contributed by atoms with van der Waals surface area (Å²) in [5.41, 5.74) is 0.0100. The van der Waals surface area contributed by atoms with Crippen LogP contribution in [0.5, 0.6) is 0 Å². The van der Waals surface area contributed by atoms with Crippen LogP contribution in [0.4, 0.5) is 0 Å². The SMILES string of the molecule is O=C(O)c1cc(Cl)cc(Cl)c1S. The Morgan fingerprint density at radius 2 is 2.00 bits per heavy atom. The lowest BCUT2D eigenvalue weighted by atomic mass is 10.2. The van der Waals surface area contributed by atoms with E-state index >= 15 is 0 Å². The summed E-state index contributed by atoms with van der Waals surface area (Å²) in [4.78, 5) is 10.8. The normalized spacial score (nSPS) is 9.92. The van der Waals surface area contributed by atoms with Crippen molar-refractivity contribution >= 4 is 41.8 Å². The maximum atomic E-state index is 10.6. The van der Waals surface area contributed by atoms with Gasteiger partial charge in [0.05, 0.1) is 10.6 Å². The number of carbonyl (C=O) groups is 1. The summed E-state index contributed by atoms with van der Waals surface area (Å²) in [6.45, 7) is 0. The summed E-state index contributed by atoms with van der Waals surface area (Å²) in [6.07, 6.45) is 0. The van der Waals surface area contributed by atoms with Gasteiger partial charge < -0.3 is 5.11 Å². The Hall–Kier alpha value is -0.380. The number of carboxylic acid groups (broad SMARTS) is 1. The number of rotatable bonds is 1. The van der Waals surface area contributed by atoms with E-state index in [1.54, 1.807) is 0 Å². The van der Waals surface area contributed by atoms with Crippen molar-refractivity contribution in [3.63, 3.8) is 0 Å². The van der Waals surface area contributed by atoms with Gasteiger partial charge in [-0.05, 0) is 12.1 Å². The van der Waals surface area contributed by atoms with Gasteiger partial charge in [-0.3, -0.25) is 0 Å². The topological polar surface area (TPSA) is 37.3 Å². The van der Waals surface area contributed by atoms with Crippen LogP contribution in [0.25, 0.3) is 0 Å². The molecule has 1 rings (SSSR count). The maximum absolute atomic E-state index is 10.6. The summed E-state index contributed by atoms with van der Waals surface area (Å²) >= 11 is 15.2. The first-order valence-corrected chi connectivity index (χ1v) is 4.14. The van der Waals surface area contributed by atoms with E-state index < -0.39 is 5.97 Å². The molecule has 0 aliphatic carbocycles. The molecule has 0 aliphatic heterocycles. The number of aromatic carboxylic acids is 1. The number of thiol groups is 1. The van der Waals surface area contributed by atoms with Gasteiger partial charge in [-0.15, -0.1) is 12.6 Å². The molecular weight excluding hydrogens is 219 g/mol. The number of halogens is 2. The summed E-state index contributed by atoms with van der Waals surface area (Å²) in [6, 6.07) is 2.75. The number of hydrogen-bond donors (Lipinski definition) is 2. The Kier molecular flexibility index (Phi) is 2.88. The molecule has 0 aromatic heterocycles. The molecule has 2 nitrogen and oxygen atoms in total. The molecule has 1 aromatic rings. The third kappa shape index (κ3) is 1.86. The number of benzene rings is 1. The van der Waals surface area contributed by atoms with Crippen molar-refractivity contribution in [2.24, 2.45) is 0 Å². The van der Waals surface area contributed by atoms with E-state index in [2.05, 4.69) is 12.6 Å². The van der Waals surface area contributed by atoms with E-state index in [9.17, 15) is 4.79 Å². The Bertz CT molecular complexity index is 338. The van der Waals surface area contributed by atoms with Gasteiger partial charge in [-0.1, -0.05) is 23.2 Å². The summed E-state index contributed by atoms with van der Waals surface area (Å²) in [7, 11) is 0. The smallest absolute Gasteiger partial charge is 0.336 e. The Morgan fingerprint density at radius 3 is 2.50 bits per heavy atom. The quantitative estimate of drug-likeness (QED) is 0.718. The third-order valence-corrected chi connectivity index (χ3v) is 2.39. The minimum Gasteiger partial charge on any atom is -0.478 e. The maximum Gasteiger partial charge on any atom is 0.336 e. The van der Waals surface area contributed by atoms with E-state index in [1.165, 1.54) is 12.1 Å². The molecule has 0 atom stereocenters. The lowest BCUT2D eigenvalue weighted by Crippen LogP contribution is -1.97. The van der Waals surface area contributed by atoms with Crippen LogP contribution in [-0.2, 0) is 0 Å². The van der Waals surface area contributed by atoms with Gasteiger partial charge in [0.1, 0.15) is 0 Å². The average Bonchev–Trinajstić information content (AvgIpc) is 1.96. The van der Waals surface area contributed by atoms with Crippen molar-refractivity contribution in [3.05, 3.63) is 27.7 Å². The summed E-state index contributed by atoms with van der Waals surface area (Å²) < 4.78 is 0. The molecule has 0 fully saturated rings. The highest BCUT2D eigenvalue weighted by molar-refractivity contribution is 7.80. The fourth-order valence-corrected chi connectivity index (χ4v) is 1.45. The fraction of sp³-hybridized carbons (Fsp3) is 0. The Balaban J connectivity index is 3.37. The van der Waals surface area contributed by atoms with Crippen molar-refractivity contribution in [1.82, 2.24) is 0 Å². The average molecular weight is 223 g/mol. The highest BCUT2D eigenvalue weighted by Gasteiger charge is 2.11. The zero-order valence-corrected chi connectivity index (χ0v) is 8.12. The van der Waals surface area contributed by atoms with Gasteiger partial charge in [0.25, 0.3) is 0 Å². The van der Waals surface area contributed by atoms with Crippen LogP contribution in [0.2, 0.25) is 10.0 Å². The van der Waals surface area contributed by atoms with E-state index in [1.807, 2.05) is 0 Å². The predicted molar refractivity (Wildman–Crippen MR) is 50.7 cm³/mol. The molecule has 12 heavy (non-hydrogen) atoms. The van der Waals surface area contributed by atoms with Crippen LogP contribution in [0.1, 0.15) is 10.4 Å². The van der Waals surface area contributed by atoms with E-state index in [4.69, 9.17) is 28.3 Å². The van der Waals surface area contributed by atoms with E-state index in [-0.39, 0.29) is 20.5 Å². The van der Waals surface area contributed by atoms with Crippen molar-refractivity contribution in [2.45, 2.75) is 4.90 Å². The number of hydrogen-bond acceptors (Lipinski definition) is 2. The Morgan fingerprint density at radius 1 is 1.42 bits per heavy atom. The summed E-state index contributed by atoms with van der Waals surface area (Å²) in [5, 5.41) is 9.17. The molecule has 0 heterocycles. The highest BCUT2D eigenvalue weighted by atomic mass is 35.5. The second kappa shape index (κ2) is 3.56. The molecule has 0 spiro atoms. The van der Waals surface area contributed by atoms with Crippen molar-refractivity contribution in [3.8, 4) is 0 Å². The first-order chi connectivity index (χ1) is 5.52. The largest absolute Gasteiger partial charge is 0.478 e. The molecule has 0 aliphatic rings. The lowest BCUT2D eigenvalue weighted by Gasteiger charge is -2.02. The molecule has 5 heteroatoms. The molecule has 0 radical (unpaired) electrons. The van der Waals surface area contributed by atoms with Gasteiger partial charge in [-0.25, -0.2) is 4.79 Å². The first kappa shape index (κ1) is 9.71. The Labute approximate surface area is 84.5 Å². The molecule has 0 amide bonds. The molecule has 0 saturated carbocycles. The van der Waals surface area contributed by atoms with Gasteiger partial charge in [0.15, 0.2) is 0 Å². The highest BCUT2D eigenvalue weighted by Crippen LogP contribution is 2.28. The zero-order chi connectivity index (χ0) is 9.30. The van der Waals surface area contributed by atoms with Crippen LogP contribution in [0.3, 0.4) is 0 Å². The van der Waals surface area contributed by atoms with Crippen molar-refractivity contribution in [1.29, 1.82) is 0 Å². The zero-order valence-electron chi connectivity index (χ0n) is 5.71.